The monoisotopic (exact) mass is 462 g/mol. The Morgan fingerprint density at radius 2 is 1.35 bits per heavy atom. The smallest absolute Gasteiger partial charge is 0.343 e. The molecule has 0 aliphatic carbocycles. The van der Waals surface area contributed by atoms with Gasteiger partial charge in [-0.1, -0.05) is 37.6 Å². The van der Waals surface area contributed by atoms with Gasteiger partial charge in [0.2, 0.25) is 0 Å². The van der Waals surface area contributed by atoms with Crippen molar-refractivity contribution in [3.8, 4) is 28.4 Å². The van der Waals surface area contributed by atoms with E-state index in [1.807, 2.05) is 57.2 Å². The molecule has 0 saturated carbocycles. The van der Waals surface area contributed by atoms with Crippen LogP contribution in [0.5, 0.6) is 17.2 Å². The number of methoxy groups -OCH3 is 1. The standard InChI is InChI=1S/C29H34O5/c1-6-7-20-32-29(3,4)21(2)33-26-16-18-27(19-17-26)34-28(30)24-10-8-22(9-11-24)23-12-14-25(31-5)15-13-23/h8-19,21H,6-7,20H2,1-5H3. The average Bonchev–Trinajstić information content (AvgIpc) is 2.85. The summed E-state index contributed by atoms with van der Waals surface area (Å²) in [6.45, 7) is 8.91. The predicted molar refractivity (Wildman–Crippen MR) is 135 cm³/mol. The quantitative estimate of drug-likeness (QED) is 0.175. The van der Waals surface area contributed by atoms with E-state index < -0.39 is 11.6 Å². The van der Waals surface area contributed by atoms with Crippen molar-refractivity contribution in [1.82, 2.24) is 0 Å². The number of carbonyl (C=O) groups excluding carboxylic acids is 1. The summed E-state index contributed by atoms with van der Waals surface area (Å²) in [5, 5.41) is 0. The average molecular weight is 463 g/mol. The van der Waals surface area contributed by atoms with Crippen LogP contribution in [0.3, 0.4) is 0 Å². The predicted octanol–water partition coefficient (Wildman–Crippen LogP) is 6.94. The highest BCUT2D eigenvalue weighted by Crippen LogP contribution is 2.26. The molecule has 0 bridgehead atoms. The van der Waals surface area contributed by atoms with Crippen LogP contribution in [-0.2, 0) is 4.74 Å². The van der Waals surface area contributed by atoms with Crippen LogP contribution in [0.25, 0.3) is 11.1 Å². The summed E-state index contributed by atoms with van der Waals surface area (Å²) in [7, 11) is 1.64. The third-order valence-electron chi connectivity index (χ3n) is 5.84. The molecular formula is C29H34O5. The van der Waals surface area contributed by atoms with E-state index in [4.69, 9.17) is 18.9 Å². The molecule has 0 heterocycles. The van der Waals surface area contributed by atoms with Gasteiger partial charge >= 0.3 is 5.97 Å². The van der Waals surface area contributed by atoms with Crippen molar-refractivity contribution in [3.05, 3.63) is 78.4 Å². The normalized spacial score (nSPS) is 12.1. The van der Waals surface area contributed by atoms with Crippen molar-refractivity contribution in [2.75, 3.05) is 13.7 Å². The highest BCUT2D eigenvalue weighted by Gasteiger charge is 2.28. The van der Waals surface area contributed by atoms with E-state index in [0.717, 1.165) is 29.7 Å². The Kier molecular flexibility index (Phi) is 8.72. The Labute approximate surface area is 202 Å². The second kappa shape index (κ2) is 11.7. The fourth-order valence-electron chi connectivity index (χ4n) is 3.28. The second-order valence-electron chi connectivity index (χ2n) is 8.73. The van der Waals surface area contributed by atoms with Gasteiger partial charge in [0.25, 0.3) is 0 Å². The molecule has 3 aromatic rings. The number of ether oxygens (including phenoxy) is 4. The number of unbranched alkanes of at least 4 members (excludes halogenated alkanes) is 1. The second-order valence-corrected chi connectivity index (χ2v) is 8.73. The van der Waals surface area contributed by atoms with Crippen molar-refractivity contribution in [2.24, 2.45) is 0 Å². The molecule has 180 valence electrons. The van der Waals surface area contributed by atoms with E-state index in [2.05, 4.69) is 6.92 Å². The number of hydrogen-bond donors (Lipinski definition) is 0. The fraction of sp³-hybridized carbons (Fsp3) is 0.345. The highest BCUT2D eigenvalue weighted by atomic mass is 16.6. The minimum atomic E-state index is -0.409. The maximum Gasteiger partial charge on any atom is 0.343 e. The van der Waals surface area contributed by atoms with Crippen LogP contribution >= 0.6 is 0 Å². The molecular weight excluding hydrogens is 428 g/mol. The molecule has 3 rings (SSSR count). The zero-order chi connectivity index (χ0) is 24.6. The van der Waals surface area contributed by atoms with Gasteiger partial charge in [0.05, 0.1) is 18.3 Å². The van der Waals surface area contributed by atoms with Crippen molar-refractivity contribution in [3.63, 3.8) is 0 Å². The Morgan fingerprint density at radius 3 is 1.91 bits per heavy atom. The first-order valence-corrected chi connectivity index (χ1v) is 11.7. The summed E-state index contributed by atoms with van der Waals surface area (Å²) >= 11 is 0. The van der Waals surface area contributed by atoms with Crippen molar-refractivity contribution in [2.45, 2.75) is 52.2 Å². The first-order chi connectivity index (χ1) is 16.3. The molecule has 0 fully saturated rings. The number of rotatable bonds is 11. The first-order valence-electron chi connectivity index (χ1n) is 11.7. The van der Waals surface area contributed by atoms with Crippen LogP contribution < -0.4 is 14.2 Å². The Balaban J connectivity index is 1.56. The molecule has 5 heteroatoms. The van der Waals surface area contributed by atoms with Crippen molar-refractivity contribution in [1.29, 1.82) is 0 Å². The Morgan fingerprint density at radius 1 is 0.824 bits per heavy atom. The lowest BCUT2D eigenvalue weighted by Gasteiger charge is -2.32. The Bertz CT molecular complexity index is 1040. The lowest BCUT2D eigenvalue weighted by atomic mass is 10.0. The molecule has 0 aliphatic rings. The maximum atomic E-state index is 12.6. The molecule has 3 aromatic carbocycles. The van der Waals surface area contributed by atoms with Gasteiger partial charge < -0.3 is 18.9 Å². The number of benzene rings is 3. The topological polar surface area (TPSA) is 54.0 Å². The summed E-state index contributed by atoms with van der Waals surface area (Å²) in [4.78, 5) is 12.6. The Hall–Kier alpha value is -3.31. The molecule has 5 nitrogen and oxygen atoms in total. The minimum Gasteiger partial charge on any atom is -0.497 e. The SMILES string of the molecule is CCCCOC(C)(C)C(C)Oc1ccc(OC(=O)c2ccc(-c3ccc(OC)cc3)cc2)cc1. The first kappa shape index (κ1) is 25.3. The molecule has 0 N–H and O–H groups in total. The lowest BCUT2D eigenvalue weighted by molar-refractivity contribution is -0.0843. The van der Waals surface area contributed by atoms with Gasteiger partial charge in [-0.15, -0.1) is 0 Å². The number of hydrogen-bond acceptors (Lipinski definition) is 5. The van der Waals surface area contributed by atoms with Crippen LogP contribution in [0.2, 0.25) is 0 Å². The fourth-order valence-corrected chi connectivity index (χ4v) is 3.28. The highest BCUT2D eigenvalue weighted by molar-refractivity contribution is 5.91. The number of esters is 1. The van der Waals surface area contributed by atoms with E-state index in [9.17, 15) is 4.79 Å². The van der Waals surface area contributed by atoms with Crippen LogP contribution in [0.4, 0.5) is 0 Å². The van der Waals surface area contributed by atoms with Gasteiger partial charge in [-0.25, -0.2) is 4.79 Å². The summed E-state index contributed by atoms with van der Waals surface area (Å²) in [6, 6.07) is 22.2. The van der Waals surface area contributed by atoms with Crippen molar-refractivity contribution < 1.29 is 23.7 Å². The molecule has 34 heavy (non-hydrogen) atoms. The molecule has 0 aromatic heterocycles. The molecule has 1 unspecified atom stereocenters. The van der Waals surface area contributed by atoms with E-state index >= 15 is 0 Å². The zero-order valence-corrected chi connectivity index (χ0v) is 20.7. The summed E-state index contributed by atoms with van der Waals surface area (Å²) in [5.41, 5.74) is 2.14. The molecule has 1 atom stereocenters. The molecule has 0 saturated heterocycles. The molecule has 0 spiro atoms. The maximum absolute atomic E-state index is 12.6. The minimum absolute atomic E-state index is 0.137. The molecule has 0 radical (unpaired) electrons. The van der Waals surface area contributed by atoms with Gasteiger partial charge in [-0.05, 0) is 86.8 Å². The van der Waals surface area contributed by atoms with Crippen LogP contribution in [0.1, 0.15) is 50.9 Å². The lowest BCUT2D eigenvalue weighted by Crippen LogP contribution is -2.41. The summed E-state index contributed by atoms with van der Waals surface area (Å²) in [6.07, 6.45) is 1.99. The van der Waals surface area contributed by atoms with Crippen molar-refractivity contribution >= 4 is 5.97 Å². The van der Waals surface area contributed by atoms with Crippen LogP contribution in [-0.4, -0.2) is 31.4 Å². The largest absolute Gasteiger partial charge is 0.497 e. The third-order valence-corrected chi connectivity index (χ3v) is 5.84. The van der Waals surface area contributed by atoms with E-state index in [1.165, 1.54) is 0 Å². The van der Waals surface area contributed by atoms with Gasteiger partial charge in [-0.3, -0.25) is 0 Å². The van der Waals surface area contributed by atoms with Gasteiger partial charge in [0.15, 0.2) is 0 Å². The van der Waals surface area contributed by atoms with E-state index in [0.29, 0.717) is 23.7 Å². The van der Waals surface area contributed by atoms with Gasteiger partial charge in [0, 0.05) is 6.61 Å². The van der Waals surface area contributed by atoms with Crippen LogP contribution in [0, 0.1) is 0 Å². The zero-order valence-electron chi connectivity index (χ0n) is 20.7. The number of carbonyl (C=O) groups is 1. The third kappa shape index (κ3) is 6.84. The summed E-state index contributed by atoms with van der Waals surface area (Å²) in [5.74, 6) is 1.55. The van der Waals surface area contributed by atoms with E-state index in [-0.39, 0.29) is 6.10 Å². The molecule has 0 amide bonds. The van der Waals surface area contributed by atoms with Gasteiger partial charge in [-0.2, -0.15) is 0 Å². The van der Waals surface area contributed by atoms with E-state index in [1.54, 1.807) is 43.5 Å². The van der Waals surface area contributed by atoms with Crippen LogP contribution in [0.15, 0.2) is 72.8 Å². The summed E-state index contributed by atoms with van der Waals surface area (Å²) < 4.78 is 22.8. The van der Waals surface area contributed by atoms with Gasteiger partial charge in [0.1, 0.15) is 23.4 Å². The molecule has 0 aliphatic heterocycles.